The minimum absolute atomic E-state index is 0.0708. The first-order valence-corrected chi connectivity index (χ1v) is 7.52. The van der Waals surface area contributed by atoms with Crippen molar-refractivity contribution < 1.29 is 4.79 Å². The second-order valence-corrected chi connectivity index (χ2v) is 5.90. The summed E-state index contributed by atoms with van der Waals surface area (Å²) in [5.41, 5.74) is -0.166. The van der Waals surface area contributed by atoms with Gasteiger partial charge in [0.15, 0.2) is 0 Å². The van der Waals surface area contributed by atoms with Gasteiger partial charge in [-0.2, -0.15) is 0 Å². The Morgan fingerprint density at radius 3 is 2.31 bits per heavy atom. The molecule has 0 spiro atoms. The fourth-order valence-corrected chi connectivity index (χ4v) is 2.95. The molecule has 1 atom stereocenters. The molecule has 94 valence electrons. The summed E-state index contributed by atoms with van der Waals surface area (Å²) in [5, 5.41) is 4.06. The first-order valence-electron chi connectivity index (χ1n) is 6.40. The minimum Gasteiger partial charge on any atom is -0.350 e. The summed E-state index contributed by atoms with van der Waals surface area (Å²) in [7, 11) is 0. The topological polar surface area (TPSA) is 29.1 Å². The number of carbonyl (C=O) groups is 1. The van der Waals surface area contributed by atoms with E-state index in [0.717, 1.165) is 31.0 Å². The van der Waals surface area contributed by atoms with Crippen LogP contribution >= 0.6 is 15.9 Å². The van der Waals surface area contributed by atoms with Gasteiger partial charge in [0, 0.05) is 16.3 Å². The van der Waals surface area contributed by atoms with Gasteiger partial charge in [-0.05, 0) is 32.6 Å². The quantitative estimate of drug-likeness (QED) is 0.770. The third-order valence-electron chi connectivity index (χ3n) is 4.21. The van der Waals surface area contributed by atoms with Gasteiger partial charge in [-0.1, -0.05) is 42.6 Å². The molecule has 0 aromatic heterocycles. The molecule has 0 aliphatic heterocycles. The number of alkyl halides is 1. The molecule has 1 rings (SSSR count). The lowest BCUT2D eigenvalue weighted by Crippen LogP contribution is -2.52. The third-order valence-corrected chi connectivity index (χ3v) is 5.45. The maximum atomic E-state index is 12.4. The Balaban J connectivity index is 2.70. The second-order valence-electron chi connectivity index (χ2n) is 5.34. The Bertz CT molecular complexity index is 242. The predicted octanol–water partition coefficient (Wildman–Crippen LogP) is 3.64. The molecule has 0 saturated heterocycles. The highest BCUT2D eigenvalue weighted by atomic mass is 79.9. The Morgan fingerprint density at radius 2 is 1.94 bits per heavy atom. The molecule has 0 radical (unpaired) electrons. The van der Waals surface area contributed by atoms with Gasteiger partial charge < -0.3 is 5.32 Å². The molecule has 1 amide bonds. The van der Waals surface area contributed by atoms with Crippen LogP contribution in [0.5, 0.6) is 0 Å². The summed E-state index contributed by atoms with van der Waals surface area (Å²) >= 11 is 3.49. The number of amides is 1. The molecule has 1 saturated carbocycles. The van der Waals surface area contributed by atoms with Gasteiger partial charge in [0.25, 0.3) is 0 Å². The van der Waals surface area contributed by atoms with Gasteiger partial charge >= 0.3 is 0 Å². The average molecular weight is 290 g/mol. The zero-order chi connectivity index (χ0) is 12.2. The Morgan fingerprint density at radius 1 is 1.38 bits per heavy atom. The van der Waals surface area contributed by atoms with Crippen molar-refractivity contribution in [3.63, 3.8) is 0 Å². The van der Waals surface area contributed by atoms with E-state index in [-0.39, 0.29) is 16.9 Å². The van der Waals surface area contributed by atoms with E-state index in [1.54, 1.807) is 0 Å². The van der Waals surface area contributed by atoms with Crippen LogP contribution in [-0.4, -0.2) is 16.8 Å². The lowest BCUT2D eigenvalue weighted by molar-refractivity contribution is -0.132. The Hall–Kier alpha value is -0.0500. The van der Waals surface area contributed by atoms with Crippen molar-refractivity contribution in [1.82, 2.24) is 5.32 Å². The van der Waals surface area contributed by atoms with Crippen molar-refractivity contribution in [2.45, 2.75) is 64.8 Å². The molecular formula is C13H24BrNO. The SMILES string of the molecule is CCC(C)(CBr)NC(=O)C1(CC)CCCC1. The number of halogens is 1. The zero-order valence-electron chi connectivity index (χ0n) is 10.7. The number of hydrogen-bond donors (Lipinski definition) is 1. The van der Waals surface area contributed by atoms with Gasteiger partial charge in [0.2, 0.25) is 5.91 Å². The first-order chi connectivity index (χ1) is 7.52. The molecule has 3 heteroatoms. The van der Waals surface area contributed by atoms with E-state index in [0.29, 0.717) is 0 Å². The van der Waals surface area contributed by atoms with Gasteiger partial charge in [0.05, 0.1) is 0 Å². The van der Waals surface area contributed by atoms with Crippen LogP contribution in [0.1, 0.15) is 59.3 Å². The fraction of sp³-hybridized carbons (Fsp3) is 0.923. The molecule has 1 aliphatic rings. The average Bonchev–Trinajstić information content (AvgIpc) is 2.78. The molecule has 0 heterocycles. The molecule has 1 unspecified atom stereocenters. The van der Waals surface area contributed by atoms with Crippen molar-refractivity contribution >= 4 is 21.8 Å². The first kappa shape index (κ1) is 14.0. The summed E-state index contributed by atoms with van der Waals surface area (Å²) in [5.74, 6) is 0.274. The monoisotopic (exact) mass is 289 g/mol. The normalized spacial score (nSPS) is 22.8. The van der Waals surface area contributed by atoms with Gasteiger partial charge in [-0.3, -0.25) is 4.79 Å². The van der Waals surface area contributed by atoms with E-state index in [1.807, 2.05) is 0 Å². The van der Waals surface area contributed by atoms with Gasteiger partial charge in [-0.25, -0.2) is 0 Å². The molecule has 2 nitrogen and oxygen atoms in total. The summed E-state index contributed by atoms with van der Waals surface area (Å²) < 4.78 is 0. The summed E-state index contributed by atoms with van der Waals surface area (Å²) in [4.78, 5) is 12.4. The molecule has 0 aromatic rings. The van der Waals surface area contributed by atoms with E-state index in [1.165, 1.54) is 12.8 Å². The van der Waals surface area contributed by atoms with Crippen LogP contribution in [0.15, 0.2) is 0 Å². The minimum atomic E-state index is -0.0954. The number of rotatable bonds is 5. The maximum absolute atomic E-state index is 12.4. The van der Waals surface area contributed by atoms with E-state index in [9.17, 15) is 4.79 Å². The second kappa shape index (κ2) is 5.52. The van der Waals surface area contributed by atoms with Crippen LogP contribution in [0.4, 0.5) is 0 Å². The smallest absolute Gasteiger partial charge is 0.226 e. The summed E-state index contributed by atoms with van der Waals surface area (Å²) in [6, 6.07) is 0. The van der Waals surface area contributed by atoms with E-state index >= 15 is 0 Å². The highest BCUT2D eigenvalue weighted by molar-refractivity contribution is 9.09. The van der Waals surface area contributed by atoms with E-state index in [4.69, 9.17) is 0 Å². The van der Waals surface area contributed by atoms with E-state index < -0.39 is 0 Å². The molecule has 1 N–H and O–H groups in total. The highest BCUT2D eigenvalue weighted by Gasteiger charge is 2.41. The third kappa shape index (κ3) is 2.79. The molecule has 1 aliphatic carbocycles. The number of nitrogens with one attached hydrogen (secondary N) is 1. The standard InChI is InChI=1S/C13H24BrNO/c1-4-12(3,10-14)15-11(16)13(5-2)8-6-7-9-13/h4-10H2,1-3H3,(H,15,16). The van der Waals surface area contributed by atoms with Gasteiger partial charge in [0.1, 0.15) is 0 Å². The van der Waals surface area contributed by atoms with Crippen LogP contribution < -0.4 is 5.32 Å². The fourth-order valence-electron chi connectivity index (χ4n) is 2.42. The van der Waals surface area contributed by atoms with Crippen molar-refractivity contribution in [3.8, 4) is 0 Å². The van der Waals surface area contributed by atoms with Crippen molar-refractivity contribution in [3.05, 3.63) is 0 Å². The maximum Gasteiger partial charge on any atom is 0.226 e. The Labute approximate surface area is 108 Å². The summed E-state index contributed by atoms with van der Waals surface area (Å²) in [6.07, 6.45) is 6.48. The van der Waals surface area contributed by atoms with Crippen molar-refractivity contribution in [2.24, 2.45) is 5.41 Å². The molecule has 1 fully saturated rings. The van der Waals surface area contributed by atoms with Crippen LogP contribution in [-0.2, 0) is 4.79 Å². The molecule has 0 aromatic carbocycles. The van der Waals surface area contributed by atoms with Crippen molar-refractivity contribution in [1.29, 1.82) is 0 Å². The molecule has 16 heavy (non-hydrogen) atoms. The van der Waals surface area contributed by atoms with Crippen LogP contribution in [0.25, 0.3) is 0 Å². The Kier molecular flexibility index (Phi) is 4.84. The highest BCUT2D eigenvalue weighted by Crippen LogP contribution is 2.41. The summed E-state index contributed by atoms with van der Waals surface area (Å²) in [6.45, 7) is 6.37. The van der Waals surface area contributed by atoms with Gasteiger partial charge in [-0.15, -0.1) is 0 Å². The van der Waals surface area contributed by atoms with E-state index in [2.05, 4.69) is 42.0 Å². The zero-order valence-corrected chi connectivity index (χ0v) is 12.3. The molecule has 0 bridgehead atoms. The largest absolute Gasteiger partial charge is 0.350 e. The lowest BCUT2D eigenvalue weighted by Gasteiger charge is -2.34. The van der Waals surface area contributed by atoms with Crippen molar-refractivity contribution in [2.75, 3.05) is 5.33 Å². The lowest BCUT2D eigenvalue weighted by atomic mass is 9.81. The number of carbonyl (C=O) groups excluding carboxylic acids is 1. The number of hydrogen-bond acceptors (Lipinski definition) is 1. The van der Waals surface area contributed by atoms with Crippen LogP contribution in [0.2, 0.25) is 0 Å². The van der Waals surface area contributed by atoms with Crippen LogP contribution in [0, 0.1) is 5.41 Å². The predicted molar refractivity (Wildman–Crippen MR) is 71.8 cm³/mol. The van der Waals surface area contributed by atoms with Crippen LogP contribution in [0.3, 0.4) is 0 Å². The molecular weight excluding hydrogens is 266 g/mol.